The Labute approximate surface area is 219 Å². The number of benzene rings is 2. The van der Waals surface area contributed by atoms with Gasteiger partial charge in [-0.15, -0.1) is 0 Å². The maximum absolute atomic E-state index is 15.2. The summed E-state index contributed by atoms with van der Waals surface area (Å²) in [4.78, 5) is 13.6. The van der Waals surface area contributed by atoms with Crippen molar-refractivity contribution >= 4 is 19.0 Å². The molecule has 0 heterocycles. The minimum atomic E-state index is -3.63. The first-order chi connectivity index (χ1) is 17.2. The summed E-state index contributed by atoms with van der Waals surface area (Å²) in [5.41, 5.74) is 0.572. The van der Waals surface area contributed by atoms with Crippen molar-refractivity contribution in [2.75, 3.05) is 20.3 Å². The van der Waals surface area contributed by atoms with Crippen molar-refractivity contribution in [2.24, 2.45) is 0 Å². The van der Waals surface area contributed by atoms with Crippen LogP contribution in [0.25, 0.3) is 5.57 Å². The number of carbonyl (C=O) groups is 1. The number of ether oxygens (including phenoxy) is 2. The fraction of sp³-hybridized carbons (Fsp3) is 0.483. The van der Waals surface area contributed by atoms with Gasteiger partial charge < -0.3 is 18.5 Å². The van der Waals surface area contributed by atoms with Gasteiger partial charge in [0.2, 0.25) is 0 Å². The molecular formula is C29H38FO6P. The van der Waals surface area contributed by atoms with Gasteiger partial charge in [-0.3, -0.25) is 9.36 Å². The van der Waals surface area contributed by atoms with Crippen molar-refractivity contribution in [1.82, 2.24) is 0 Å². The van der Waals surface area contributed by atoms with E-state index in [4.69, 9.17) is 18.5 Å². The van der Waals surface area contributed by atoms with Gasteiger partial charge in [0, 0.05) is 17.1 Å². The number of methoxy groups -OCH3 is 1. The van der Waals surface area contributed by atoms with E-state index in [2.05, 4.69) is 0 Å². The Bertz CT molecular complexity index is 1200. The molecule has 0 N–H and O–H groups in total. The van der Waals surface area contributed by atoms with Crippen molar-refractivity contribution in [3.63, 3.8) is 0 Å². The standard InChI is InChI=1S/C29H38FO6P/c1-9-16-34-24-15-14-23(30)26-25(24)20(18-35-37(32,29(5,6)7)36-28(2,3)4)17-22(27(26)31)19-10-12-21(33-8)13-11-19/h10-15,17,20H,9,16,18H2,1-8H3. The summed E-state index contributed by atoms with van der Waals surface area (Å²) < 4.78 is 52.4. The average Bonchev–Trinajstić information content (AvgIpc) is 2.81. The Hall–Kier alpha value is -2.47. The molecule has 1 aliphatic rings. The predicted octanol–water partition coefficient (Wildman–Crippen LogP) is 7.81. The quantitative estimate of drug-likeness (QED) is 0.307. The normalized spacial score (nSPS) is 17.6. The minimum Gasteiger partial charge on any atom is -0.497 e. The number of ketones is 1. The van der Waals surface area contributed by atoms with Crippen LogP contribution in [0.1, 0.15) is 82.3 Å². The number of Topliss-reactive ketones (excluding diaryl/α,β-unsaturated/α-hetero) is 1. The molecule has 2 aromatic carbocycles. The summed E-state index contributed by atoms with van der Waals surface area (Å²) in [6, 6.07) is 9.77. The first-order valence-electron chi connectivity index (χ1n) is 12.5. The summed E-state index contributed by atoms with van der Waals surface area (Å²) >= 11 is 0. The van der Waals surface area contributed by atoms with E-state index in [1.54, 1.807) is 58.2 Å². The van der Waals surface area contributed by atoms with E-state index in [1.807, 2.05) is 27.7 Å². The van der Waals surface area contributed by atoms with Crippen LogP contribution in [0.4, 0.5) is 4.39 Å². The minimum absolute atomic E-state index is 0.0575. The number of fused-ring (bicyclic) bond motifs is 1. The Balaban J connectivity index is 2.13. The van der Waals surface area contributed by atoms with E-state index >= 15 is 4.39 Å². The van der Waals surface area contributed by atoms with Gasteiger partial charge in [-0.05, 0) is 77.8 Å². The second-order valence-corrected chi connectivity index (χ2v) is 13.9. The summed E-state index contributed by atoms with van der Waals surface area (Å²) in [7, 11) is -2.07. The van der Waals surface area contributed by atoms with Gasteiger partial charge in [0.1, 0.15) is 17.3 Å². The van der Waals surface area contributed by atoms with E-state index in [0.29, 0.717) is 34.8 Å². The zero-order valence-corrected chi connectivity index (χ0v) is 23.9. The maximum Gasteiger partial charge on any atom is 0.336 e. The monoisotopic (exact) mass is 532 g/mol. The Morgan fingerprint density at radius 2 is 1.65 bits per heavy atom. The first-order valence-corrected chi connectivity index (χ1v) is 14.1. The SMILES string of the molecule is CCCOc1ccc(F)c2c1C(COP(=O)(OC(C)(C)C)C(C)(C)C)C=C(c1ccc(OC)cc1)C2=O. The molecule has 6 nitrogen and oxygen atoms in total. The molecule has 0 amide bonds. The molecule has 202 valence electrons. The van der Waals surface area contributed by atoms with Gasteiger partial charge in [0.15, 0.2) is 5.78 Å². The number of halogens is 1. The Morgan fingerprint density at radius 1 is 1.00 bits per heavy atom. The van der Waals surface area contributed by atoms with Crippen LogP contribution in [0.2, 0.25) is 0 Å². The smallest absolute Gasteiger partial charge is 0.336 e. The van der Waals surface area contributed by atoms with Crippen LogP contribution in [0.3, 0.4) is 0 Å². The van der Waals surface area contributed by atoms with Crippen LogP contribution in [0.15, 0.2) is 42.5 Å². The van der Waals surface area contributed by atoms with Gasteiger partial charge in [-0.1, -0.05) is 25.1 Å². The molecule has 8 heteroatoms. The summed E-state index contributed by atoms with van der Waals surface area (Å²) in [5, 5.41) is -0.806. The van der Waals surface area contributed by atoms with Crippen LogP contribution in [0.5, 0.6) is 11.5 Å². The predicted molar refractivity (Wildman–Crippen MR) is 144 cm³/mol. The van der Waals surface area contributed by atoms with E-state index in [0.717, 1.165) is 6.42 Å². The largest absolute Gasteiger partial charge is 0.497 e. The number of carbonyl (C=O) groups excluding carboxylic acids is 1. The molecule has 37 heavy (non-hydrogen) atoms. The molecule has 0 bridgehead atoms. The average molecular weight is 533 g/mol. The number of rotatable bonds is 9. The van der Waals surface area contributed by atoms with Crippen LogP contribution in [-0.4, -0.2) is 36.9 Å². The molecule has 2 atom stereocenters. The summed E-state index contributed by atoms with van der Waals surface area (Å²) in [6.07, 6.45) is 2.49. The second kappa shape index (κ2) is 11.1. The molecule has 3 rings (SSSR count). The molecule has 2 aromatic rings. The molecule has 0 aliphatic heterocycles. The fourth-order valence-corrected chi connectivity index (χ4v) is 5.82. The summed E-state index contributed by atoms with van der Waals surface area (Å²) in [5.74, 6) is -0.641. The molecule has 0 saturated heterocycles. The molecule has 0 saturated carbocycles. The zero-order chi connectivity index (χ0) is 27.6. The highest BCUT2D eigenvalue weighted by Gasteiger charge is 2.44. The zero-order valence-electron chi connectivity index (χ0n) is 23.0. The number of hydrogen-bond donors (Lipinski definition) is 0. The highest BCUT2D eigenvalue weighted by molar-refractivity contribution is 7.55. The van der Waals surface area contributed by atoms with Crippen LogP contribution in [-0.2, 0) is 13.6 Å². The second-order valence-electron chi connectivity index (χ2n) is 11.1. The lowest BCUT2D eigenvalue weighted by atomic mass is 9.80. The van der Waals surface area contributed by atoms with Crippen molar-refractivity contribution in [1.29, 1.82) is 0 Å². The van der Waals surface area contributed by atoms with Gasteiger partial charge >= 0.3 is 7.60 Å². The van der Waals surface area contributed by atoms with E-state index in [1.165, 1.54) is 12.1 Å². The molecule has 1 aliphatic carbocycles. The van der Waals surface area contributed by atoms with E-state index < -0.39 is 35.9 Å². The number of hydrogen-bond acceptors (Lipinski definition) is 6. The van der Waals surface area contributed by atoms with E-state index in [9.17, 15) is 9.36 Å². The van der Waals surface area contributed by atoms with Crippen molar-refractivity contribution in [2.45, 2.75) is 71.6 Å². The van der Waals surface area contributed by atoms with Crippen molar-refractivity contribution < 1.29 is 32.3 Å². The lowest BCUT2D eigenvalue weighted by molar-refractivity contribution is 0.0844. The van der Waals surface area contributed by atoms with Crippen molar-refractivity contribution in [3.8, 4) is 11.5 Å². The van der Waals surface area contributed by atoms with Gasteiger partial charge in [0.05, 0.1) is 36.6 Å². The molecular weight excluding hydrogens is 494 g/mol. The maximum atomic E-state index is 15.2. The lowest BCUT2D eigenvalue weighted by Gasteiger charge is -2.36. The molecule has 0 radical (unpaired) electrons. The third-order valence-corrected chi connectivity index (χ3v) is 8.79. The van der Waals surface area contributed by atoms with Crippen molar-refractivity contribution in [3.05, 3.63) is 65.0 Å². The van der Waals surface area contributed by atoms with Gasteiger partial charge in [-0.2, -0.15) is 0 Å². The highest BCUT2D eigenvalue weighted by Crippen LogP contribution is 2.62. The molecule has 0 spiro atoms. The van der Waals surface area contributed by atoms with Crippen LogP contribution >= 0.6 is 7.60 Å². The topological polar surface area (TPSA) is 71.1 Å². The van der Waals surface area contributed by atoms with Crippen LogP contribution < -0.4 is 9.47 Å². The molecule has 2 unspecified atom stereocenters. The van der Waals surface area contributed by atoms with Crippen LogP contribution in [0, 0.1) is 5.82 Å². The van der Waals surface area contributed by atoms with Gasteiger partial charge in [-0.25, -0.2) is 4.39 Å². The highest BCUT2D eigenvalue weighted by atomic mass is 31.2. The van der Waals surface area contributed by atoms with Gasteiger partial charge in [0.25, 0.3) is 0 Å². The first kappa shape index (κ1) is 29.1. The third-order valence-electron chi connectivity index (χ3n) is 5.87. The Kier molecular flexibility index (Phi) is 8.73. The molecule has 0 aromatic heterocycles. The summed E-state index contributed by atoms with van der Waals surface area (Å²) in [6.45, 7) is 13.1. The van der Waals surface area contributed by atoms with E-state index in [-0.39, 0.29) is 12.2 Å². The Morgan fingerprint density at radius 3 is 2.19 bits per heavy atom. The lowest BCUT2D eigenvalue weighted by Crippen LogP contribution is -2.28. The number of allylic oxidation sites excluding steroid dienone is 1. The molecule has 0 fully saturated rings. The third kappa shape index (κ3) is 6.51. The fourth-order valence-electron chi connectivity index (χ4n) is 4.03.